The lowest BCUT2D eigenvalue weighted by molar-refractivity contribution is 0.0697. The van der Waals surface area contributed by atoms with Gasteiger partial charge in [0.2, 0.25) is 0 Å². The Morgan fingerprint density at radius 2 is 2.16 bits per heavy atom. The lowest BCUT2D eigenvalue weighted by Gasteiger charge is -2.09. The molecule has 0 saturated heterocycles. The van der Waals surface area contributed by atoms with Crippen LogP contribution in [0, 0.1) is 0 Å². The number of halogens is 1. The molecule has 0 saturated carbocycles. The van der Waals surface area contributed by atoms with Crippen LogP contribution in [0.3, 0.4) is 0 Å². The number of nitrogens with one attached hydrogen (secondary N) is 2. The zero-order valence-electron chi connectivity index (χ0n) is 10.3. The molecule has 0 aliphatic rings. The van der Waals surface area contributed by atoms with Crippen molar-refractivity contribution in [3.8, 4) is 0 Å². The summed E-state index contributed by atoms with van der Waals surface area (Å²) in [4.78, 5) is 22.4. The molecule has 0 fully saturated rings. The third-order valence-corrected chi connectivity index (χ3v) is 3.02. The Labute approximate surface area is 119 Å². The van der Waals surface area contributed by atoms with Crippen LogP contribution in [0.25, 0.3) is 0 Å². The molecule has 0 bridgehead atoms. The topological polar surface area (TPSA) is 78.4 Å². The lowest BCUT2D eigenvalue weighted by Crippen LogP contribution is -2.29. The summed E-state index contributed by atoms with van der Waals surface area (Å²) in [5, 5.41) is 14.2. The normalized spacial score (nSPS) is 9.74. The van der Waals surface area contributed by atoms with Gasteiger partial charge in [-0.25, -0.2) is 9.59 Å². The summed E-state index contributed by atoms with van der Waals surface area (Å²) < 4.78 is 0.624. The summed E-state index contributed by atoms with van der Waals surface area (Å²) in [7, 11) is 0. The molecule has 1 aromatic carbocycles. The number of carbonyl (C=O) groups is 2. The van der Waals surface area contributed by atoms with E-state index in [9.17, 15) is 9.59 Å². The minimum Gasteiger partial charge on any atom is -0.478 e. The van der Waals surface area contributed by atoms with E-state index in [1.54, 1.807) is 12.1 Å². The fourth-order valence-corrected chi connectivity index (χ4v) is 1.71. The Bertz CT molecular complexity index is 489. The molecule has 0 unspecified atom stereocenters. The van der Waals surface area contributed by atoms with Gasteiger partial charge in [0.25, 0.3) is 0 Å². The number of allylic oxidation sites excluding steroid dienone is 1. The smallest absolute Gasteiger partial charge is 0.335 e. The molecule has 19 heavy (non-hydrogen) atoms. The van der Waals surface area contributed by atoms with Crippen LogP contribution < -0.4 is 10.6 Å². The number of hydrogen-bond donors (Lipinski definition) is 3. The van der Waals surface area contributed by atoms with Gasteiger partial charge in [-0.2, -0.15) is 0 Å². The van der Waals surface area contributed by atoms with Gasteiger partial charge in [0.05, 0.1) is 11.3 Å². The van der Waals surface area contributed by atoms with Crippen LogP contribution in [0.1, 0.15) is 23.2 Å². The first-order valence-corrected chi connectivity index (χ1v) is 6.52. The van der Waals surface area contributed by atoms with Gasteiger partial charge < -0.3 is 15.7 Å². The van der Waals surface area contributed by atoms with Crippen LogP contribution in [0.2, 0.25) is 0 Å². The Morgan fingerprint density at radius 1 is 1.42 bits per heavy atom. The zero-order chi connectivity index (χ0) is 14.3. The van der Waals surface area contributed by atoms with Crippen LogP contribution in [-0.2, 0) is 0 Å². The number of unbranched alkanes of at least 4 members (excludes halogenated alkanes) is 1. The maximum absolute atomic E-state index is 11.6. The largest absolute Gasteiger partial charge is 0.478 e. The molecule has 3 N–H and O–H groups in total. The molecular weight excluding hydrogens is 312 g/mol. The van der Waals surface area contributed by atoms with Crippen LogP contribution >= 0.6 is 15.9 Å². The van der Waals surface area contributed by atoms with Crippen molar-refractivity contribution in [2.45, 2.75) is 12.8 Å². The second-order valence-electron chi connectivity index (χ2n) is 3.81. The maximum Gasteiger partial charge on any atom is 0.335 e. The van der Waals surface area contributed by atoms with Crippen LogP contribution in [-0.4, -0.2) is 23.7 Å². The zero-order valence-corrected chi connectivity index (χ0v) is 11.9. The molecule has 5 nitrogen and oxygen atoms in total. The maximum atomic E-state index is 11.6. The SMILES string of the molecule is C=CCCCNC(=O)Nc1cc(C(=O)O)ccc1Br. The van der Waals surface area contributed by atoms with Crippen molar-refractivity contribution in [2.75, 3.05) is 11.9 Å². The van der Waals surface area contributed by atoms with Gasteiger partial charge in [-0.3, -0.25) is 0 Å². The van der Waals surface area contributed by atoms with Crippen LogP contribution in [0.15, 0.2) is 35.3 Å². The van der Waals surface area contributed by atoms with Crippen molar-refractivity contribution in [2.24, 2.45) is 0 Å². The van der Waals surface area contributed by atoms with Gasteiger partial charge in [0.15, 0.2) is 0 Å². The Kier molecular flexibility index (Phi) is 6.08. The molecule has 0 heterocycles. The molecule has 6 heteroatoms. The van der Waals surface area contributed by atoms with Crippen molar-refractivity contribution in [1.29, 1.82) is 0 Å². The molecule has 0 atom stereocenters. The first-order chi connectivity index (χ1) is 9.04. The molecule has 0 aliphatic carbocycles. The number of carbonyl (C=O) groups excluding carboxylic acids is 1. The fraction of sp³-hybridized carbons (Fsp3) is 0.231. The number of amides is 2. The predicted molar refractivity (Wildman–Crippen MR) is 77.6 cm³/mol. The van der Waals surface area contributed by atoms with Gasteiger partial charge in [-0.15, -0.1) is 6.58 Å². The average molecular weight is 327 g/mol. The molecule has 1 aromatic rings. The second kappa shape index (κ2) is 7.58. The summed E-state index contributed by atoms with van der Waals surface area (Å²) in [5.74, 6) is -1.04. The number of carboxylic acid groups (broad SMARTS) is 1. The first kappa shape index (κ1) is 15.2. The van der Waals surface area contributed by atoms with Crippen molar-refractivity contribution in [3.05, 3.63) is 40.9 Å². The second-order valence-corrected chi connectivity index (χ2v) is 4.67. The van der Waals surface area contributed by atoms with Gasteiger partial charge in [0, 0.05) is 11.0 Å². The van der Waals surface area contributed by atoms with Crippen molar-refractivity contribution >= 4 is 33.6 Å². The summed E-state index contributed by atoms with van der Waals surface area (Å²) >= 11 is 3.25. The number of carboxylic acids is 1. The number of hydrogen-bond acceptors (Lipinski definition) is 2. The summed E-state index contributed by atoms with van der Waals surface area (Å²) in [6.45, 7) is 4.13. The van der Waals surface area contributed by atoms with E-state index in [1.165, 1.54) is 12.1 Å². The number of anilines is 1. The minimum atomic E-state index is -1.04. The minimum absolute atomic E-state index is 0.116. The van der Waals surface area contributed by atoms with Gasteiger partial charge >= 0.3 is 12.0 Å². The molecule has 0 aliphatic heterocycles. The quantitative estimate of drug-likeness (QED) is 0.554. The molecule has 0 spiro atoms. The summed E-state index contributed by atoms with van der Waals surface area (Å²) in [6, 6.07) is 4.07. The molecule has 102 valence electrons. The van der Waals surface area contributed by atoms with E-state index in [0.29, 0.717) is 16.7 Å². The highest BCUT2D eigenvalue weighted by molar-refractivity contribution is 9.10. The molecule has 0 aromatic heterocycles. The number of benzene rings is 1. The fourth-order valence-electron chi connectivity index (χ4n) is 1.37. The highest BCUT2D eigenvalue weighted by Gasteiger charge is 2.09. The van der Waals surface area contributed by atoms with E-state index in [-0.39, 0.29) is 11.6 Å². The van der Waals surface area contributed by atoms with Crippen molar-refractivity contribution < 1.29 is 14.7 Å². The highest BCUT2D eigenvalue weighted by Crippen LogP contribution is 2.23. The molecule has 0 radical (unpaired) electrons. The van der Waals surface area contributed by atoms with Gasteiger partial charge in [-0.05, 0) is 47.0 Å². The Morgan fingerprint density at radius 3 is 2.79 bits per heavy atom. The number of aromatic carboxylic acids is 1. The third kappa shape index (κ3) is 5.13. The van der Waals surface area contributed by atoms with Crippen molar-refractivity contribution in [1.82, 2.24) is 5.32 Å². The lowest BCUT2D eigenvalue weighted by atomic mass is 10.2. The molecule has 1 rings (SSSR count). The summed E-state index contributed by atoms with van der Waals surface area (Å²) in [6.07, 6.45) is 3.43. The van der Waals surface area contributed by atoms with Gasteiger partial charge in [0.1, 0.15) is 0 Å². The number of urea groups is 1. The Hall–Kier alpha value is -1.82. The monoisotopic (exact) mass is 326 g/mol. The molecular formula is C13H15BrN2O3. The van der Waals surface area contributed by atoms with E-state index in [0.717, 1.165) is 12.8 Å². The third-order valence-electron chi connectivity index (χ3n) is 2.33. The van der Waals surface area contributed by atoms with Gasteiger partial charge in [-0.1, -0.05) is 6.08 Å². The van der Waals surface area contributed by atoms with Crippen LogP contribution in [0.4, 0.5) is 10.5 Å². The van der Waals surface area contributed by atoms with E-state index in [4.69, 9.17) is 5.11 Å². The van der Waals surface area contributed by atoms with E-state index >= 15 is 0 Å². The number of rotatable bonds is 6. The highest BCUT2D eigenvalue weighted by atomic mass is 79.9. The summed E-state index contributed by atoms with van der Waals surface area (Å²) in [5.41, 5.74) is 0.534. The average Bonchev–Trinajstić information content (AvgIpc) is 2.37. The van der Waals surface area contributed by atoms with E-state index in [2.05, 4.69) is 33.1 Å². The standard InChI is InChI=1S/C13H15BrN2O3/c1-2-3-4-7-15-13(19)16-11-8-9(12(17)18)5-6-10(11)14/h2,5-6,8H,1,3-4,7H2,(H,17,18)(H2,15,16,19). The predicted octanol–water partition coefficient (Wildman–Crippen LogP) is 3.24. The van der Waals surface area contributed by atoms with E-state index < -0.39 is 5.97 Å². The Balaban J connectivity index is 2.60. The molecule has 2 amide bonds. The first-order valence-electron chi connectivity index (χ1n) is 5.73. The van der Waals surface area contributed by atoms with Crippen LogP contribution in [0.5, 0.6) is 0 Å². The van der Waals surface area contributed by atoms with E-state index in [1.807, 2.05) is 0 Å². The van der Waals surface area contributed by atoms with Crippen molar-refractivity contribution in [3.63, 3.8) is 0 Å².